The highest BCUT2D eigenvalue weighted by molar-refractivity contribution is 6.12. The molecule has 0 bridgehead atoms. The Morgan fingerprint density at radius 3 is 0.868 bits per heavy atom. The molecule has 668 valence electrons. The smallest absolute Gasteiger partial charge is 0.0543 e. The van der Waals surface area contributed by atoms with E-state index in [1.165, 1.54) is 201 Å². The van der Waals surface area contributed by atoms with Gasteiger partial charge in [0.15, 0.2) is 0 Å². The van der Waals surface area contributed by atoms with Crippen LogP contribution in [0.2, 0.25) is 0 Å². The largest absolute Gasteiger partial charge is 0.338 e. The highest BCUT2D eigenvalue weighted by Crippen LogP contribution is 2.53. The lowest BCUT2D eigenvalue weighted by molar-refractivity contribution is 0.788. The molecule has 136 heavy (non-hydrogen) atoms. The van der Waals surface area contributed by atoms with Gasteiger partial charge in [-0.05, 0) is 246 Å². The Hall–Kier alpha value is -15.8. The van der Waals surface area contributed by atoms with Gasteiger partial charge < -0.3 is 28.7 Å². The van der Waals surface area contributed by atoms with Crippen molar-refractivity contribution in [3.8, 4) is 55.9 Å². The first-order chi connectivity index (χ1) is 66.5. The van der Waals surface area contributed by atoms with Gasteiger partial charge in [0.25, 0.3) is 0 Å². The number of rotatable bonds is 10. The average molecular weight is 1760 g/mol. The van der Waals surface area contributed by atoms with E-state index in [1.54, 1.807) is 0 Å². The van der Waals surface area contributed by atoms with E-state index in [-0.39, 0.29) is 0 Å². The average Bonchev–Trinajstić information content (AvgIpc) is 1.59. The number of hydrogen-bond donors (Lipinski definition) is 0. The van der Waals surface area contributed by atoms with E-state index < -0.39 is 0 Å². The number of benzene rings is 18. The molecule has 4 aliphatic heterocycles. The third kappa shape index (κ3) is 17.9. The summed E-state index contributed by atoms with van der Waals surface area (Å²) < 4.78 is 4.73. The fraction of sp³-hybridized carbons (Fsp3) is 0.138. The fourth-order valence-electron chi connectivity index (χ4n) is 20.0. The van der Waals surface area contributed by atoms with Crippen molar-refractivity contribution in [3.63, 3.8) is 0 Å². The van der Waals surface area contributed by atoms with Crippen molar-refractivity contribution in [2.45, 2.75) is 119 Å². The van der Waals surface area contributed by atoms with Crippen LogP contribution in [0, 0.1) is 0 Å². The van der Waals surface area contributed by atoms with Gasteiger partial charge >= 0.3 is 0 Å². The van der Waals surface area contributed by atoms with Crippen LogP contribution in [0.4, 0.5) is 56.9 Å². The summed E-state index contributed by atoms with van der Waals surface area (Å²) in [7, 11) is 0. The molecule has 0 spiro atoms. The first-order valence-electron chi connectivity index (χ1n) is 48.4. The van der Waals surface area contributed by atoms with Crippen molar-refractivity contribution in [2.75, 3.05) is 19.6 Å². The second-order valence-corrected chi connectivity index (χ2v) is 37.4. The zero-order valence-electron chi connectivity index (χ0n) is 80.0. The zero-order valence-corrected chi connectivity index (χ0v) is 80.0. The van der Waals surface area contributed by atoms with Crippen LogP contribution in [0.3, 0.4) is 0 Å². The third-order valence-corrected chi connectivity index (χ3v) is 26.7. The summed E-state index contributed by atoms with van der Waals surface area (Å²) in [5.41, 5.74) is 40.9. The number of fused-ring (bicyclic) bond motifs is 20. The van der Waals surface area contributed by atoms with Crippen LogP contribution in [-0.4, -0.2) is 21.2 Å². The van der Waals surface area contributed by atoms with Crippen LogP contribution in [0.15, 0.2) is 437 Å². The van der Waals surface area contributed by atoms with Gasteiger partial charge in [-0.25, -0.2) is 0 Å². The van der Waals surface area contributed by atoms with Crippen LogP contribution in [0.25, 0.3) is 124 Å². The Labute approximate surface area is 804 Å². The van der Waals surface area contributed by atoms with E-state index >= 15 is 0 Å². The standard InChI is InChI=1S/C27H23N.C23H21N.3C21H19N.C17H17N/c1-19(2)20-15-17-21(18-16-20)28-26-13-7-5-11-24(26)22-9-3-4-10-23(22)25-12-6-8-14-27(25)28;1-17(2)18-13-15-21(16-14-18)24-22-9-5-3-7-19(22)11-12-20-8-4-6-10-23(20)24;1-15(2)22-20-13-7-5-11-18(20)16-9-3-4-10-17(16)19-12-6-8-14-21(19)22;1-15(2)17-12-8-14-20-21(17)18-11-6-7-13-19(18)22(20)16-9-4-3-5-10-16;1-15(2)16-12-13-21-19(14-16)18-10-6-7-11-20(18)22(21)17-8-4-3-5-9-17;1-13(2)18-16-9-5-3-7-14(16)11-12-15-8-4-6-10-17(15)18/h3-19H,1-2H3;3-17H,1-2H3;3*3-15H,1-2H3;3-13H,1-2H3. The number of aromatic nitrogens is 2. The minimum absolute atomic E-state index is 0.400. The van der Waals surface area contributed by atoms with E-state index in [0.29, 0.717) is 35.8 Å². The maximum Gasteiger partial charge on any atom is 0.0543 e. The minimum atomic E-state index is 0.400. The van der Waals surface area contributed by atoms with E-state index in [9.17, 15) is 0 Å². The highest BCUT2D eigenvalue weighted by Gasteiger charge is 2.30. The van der Waals surface area contributed by atoms with E-state index in [0.717, 1.165) is 0 Å². The molecule has 24 rings (SSSR count). The topological polar surface area (TPSA) is 22.8 Å². The van der Waals surface area contributed by atoms with Gasteiger partial charge in [0.1, 0.15) is 0 Å². The van der Waals surface area contributed by atoms with E-state index in [2.05, 4.69) is 573 Å². The lowest BCUT2D eigenvalue weighted by Crippen LogP contribution is -2.26. The molecule has 18 aromatic carbocycles. The van der Waals surface area contributed by atoms with Crippen molar-refractivity contribution in [2.24, 2.45) is 0 Å². The van der Waals surface area contributed by atoms with Crippen molar-refractivity contribution in [1.29, 1.82) is 0 Å². The molecule has 0 unspecified atom stereocenters. The lowest BCUT2D eigenvalue weighted by atomic mass is 9.95. The number of nitrogens with zero attached hydrogens (tertiary/aromatic N) is 6. The Balaban J connectivity index is 0.000000105. The summed E-state index contributed by atoms with van der Waals surface area (Å²) >= 11 is 0. The molecular weight excluding hydrogens is 1650 g/mol. The quantitative estimate of drug-likeness (QED) is 0.136. The maximum atomic E-state index is 2.45. The SMILES string of the molecule is CC(C)N1c2ccccc2-c2ccccc2-c2ccccc21.CC(C)N1c2ccccc2C=Cc2ccccc21.CC(C)c1ccc(N2c3ccccc3-c3ccccc3-c3ccccc32)cc1.CC(C)c1ccc(N2c3ccccc3C=Cc3ccccc32)cc1.CC(C)c1ccc2c(c1)c1ccccc1n2-c1ccccc1.CC(C)c1cccc2c1c1ccccc1n2-c1ccccc1. The van der Waals surface area contributed by atoms with Crippen molar-refractivity contribution in [3.05, 3.63) is 481 Å². The van der Waals surface area contributed by atoms with Crippen LogP contribution in [-0.2, 0) is 0 Å². The van der Waals surface area contributed by atoms with Gasteiger partial charge in [0.2, 0.25) is 0 Å². The second kappa shape index (κ2) is 40.0. The van der Waals surface area contributed by atoms with Gasteiger partial charge in [0.05, 0.1) is 44.8 Å². The molecule has 20 aromatic rings. The molecule has 0 N–H and O–H groups in total. The van der Waals surface area contributed by atoms with Crippen molar-refractivity contribution in [1.82, 2.24) is 9.13 Å². The molecule has 0 radical (unpaired) electrons. The Morgan fingerprint density at radius 2 is 0.463 bits per heavy atom. The van der Waals surface area contributed by atoms with Crippen LogP contribution in [0.5, 0.6) is 0 Å². The zero-order chi connectivity index (χ0) is 93.5. The molecule has 6 nitrogen and oxygen atoms in total. The predicted molar refractivity (Wildman–Crippen MR) is 587 cm³/mol. The minimum Gasteiger partial charge on any atom is -0.338 e. The van der Waals surface area contributed by atoms with Crippen molar-refractivity contribution >= 4 is 125 Å². The molecule has 0 saturated carbocycles. The second-order valence-electron chi connectivity index (χ2n) is 37.4. The van der Waals surface area contributed by atoms with Crippen molar-refractivity contribution < 1.29 is 0 Å². The van der Waals surface area contributed by atoms with Gasteiger partial charge in [0, 0.05) is 101 Å². The Morgan fingerprint density at radius 1 is 0.176 bits per heavy atom. The summed E-state index contributed by atoms with van der Waals surface area (Å²) in [5.74, 6) is 2.13. The summed E-state index contributed by atoms with van der Waals surface area (Å²) in [6.07, 6.45) is 8.82. The molecule has 0 saturated heterocycles. The Bertz CT molecular complexity index is 7460. The Kier molecular flexibility index (Phi) is 26.3. The predicted octanol–water partition coefficient (Wildman–Crippen LogP) is 37.1. The van der Waals surface area contributed by atoms with Crippen LogP contribution in [0.1, 0.15) is 151 Å². The molecule has 0 atom stereocenters. The maximum absolute atomic E-state index is 2.45. The van der Waals surface area contributed by atoms with Gasteiger partial charge in [-0.2, -0.15) is 0 Å². The summed E-state index contributed by atoms with van der Waals surface area (Å²) in [5, 5.41) is 5.39. The first-order valence-corrected chi connectivity index (χ1v) is 48.4. The normalized spacial score (nSPS) is 12.2. The molecule has 0 fully saturated rings. The lowest BCUT2D eigenvalue weighted by Gasteiger charge is -2.30. The molecular formula is C130H118N6. The summed E-state index contributed by atoms with van der Waals surface area (Å²) in [4.78, 5) is 9.61. The molecule has 0 amide bonds. The molecule has 2 aromatic heterocycles. The van der Waals surface area contributed by atoms with Gasteiger partial charge in [-0.1, -0.05) is 389 Å². The summed E-state index contributed by atoms with van der Waals surface area (Å²) in [6, 6.07) is 158. The highest BCUT2D eigenvalue weighted by atomic mass is 15.2. The van der Waals surface area contributed by atoms with E-state index in [1.807, 2.05) is 0 Å². The van der Waals surface area contributed by atoms with Crippen LogP contribution >= 0.6 is 0 Å². The number of anilines is 10. The third-order valence-electron chi connectivity index (χ3n) is 26.7. The van der Waals surface area contributed by atoms with Crippen LogP contribution < -0.4 is 19.6 Å². The number of hydrogen-bond acceptors (Lipinski definition) is 4. The van der Waals surface area contributed by atoms with Gasteiger partial charge in [-0.3, -0.25) is 0 Å². The molecule has 6 heteroatoms. The molecule has 0 aliphatic carbocycles. The fourth-order valence-corrected chi connectivity index (χ4v) is 20.0. The molecule has 4 aliphatic rings. The van der Waals surface area contributed by atoms with E-state index in [4.69, 9.17) is 0 Å². The summed E-state index contributed by atoms with van der Waals surface area (Å²) in [6.45, 7) is 26.9. The number of para-hydroxylation sites is 12. The monoisotopic (exact) mass is 1760 g/mol. The van der Waals surface area contributed by atoms with Gasteiger partial charge in [-0.15, -0.1) is 0 Å². The molecule has 6 heterocycles. The first kappa shape index (κ1) is 89.5.